The first-order valence-corrected chi connectivity index (χ1v) is 5.58. The minimum atomic E-state index is -3.53. The third-order valence-corrected chi connectivity index (χ3v) is 2.92. The Morgan fingerprint density at radius 1 is 1.64 bits per heavy atom. The van der Waals surface area contributed by atoms with Gasteiger partial charge in [0.05, 0.1) is 6.10 Å². The van der Waals surface area contributed by atoms with E-state index in [0.29, 0.717) is 0 Å². The van der Waals surface area contributed by atoms with Gasteiger partial charge in [-0.1, -0.05) is 0 Å². The molecule has 0 saturated carbocycles. The number of rotatable bonds is 4. The Morgan fingerprint density at radius 3 is 2.86 bits per heavy atom. The molecule has 1 unspecified atom stereocenters. The molecule has 0 aliphatic carbocycles. The quantitative estimate of drug-likeness (QED) is 0.726. The van der Waals surface area contributed by atoms with Gasteiger partial charge in [-0.3, -0.25) is 4.98 Å². The average Bonchev–Trinajstić information content (AvgIpc) is 2.16. The SMILES string of the molecule is CC(O)CNS(=O)(=O)c1cccnc1. The summed E-state index contributed by atoms with van der Waals surface area (Å²) in [6.45, 7) is 1.50. The normalized spacial score (nSPS) is 13.9. The molecule has 0 spiro atoms. The van der Waals surface area contributed by atoms with Crippen LogP contribution >= 0.6 is 0 Å². The van der Waals surface area contributed by atoms with E-state index in [2.05, 4.69) is 9.71 Å². The van der Waals surface area contributed by atoms with E-state index in [9.17, 15) is 8.42 Å². The summed E-state index contributed by atoms with van der Waals surface area (Å²) in [6, 6.07) is 2.98. The Bertz CT molecular complexity index is 375. The zero-order valence-corrected chi connectivity index (χ0v) is 8.53. The Kier molecular flexibility index (Phi) is 3.56. The number of pyridine rings is 1. The molecular weight excluding hydrogens is 204 g/mol. The van der Waals surface area contributed by atoms with Crippen LogP contribution in [-0.4, -0.2) is 31.2 Å². The first-order valence-electron chi connectivity index (χ1n) is 4.10. The van der Waals surface area contributed by atoms with Crippen LogP contribution in [0.1, 0.15) is 6.92 Å². The molecule has 5 nitrogen and oxygen atoms in total. The van der Waals surface area contributed by atoms with Gasteiger partial charge in [-0.2, -0.15) is 0 Å². The summed E-state index contributed by atoms with van der Waals surface area (Å²) in [6.07, 6.45) is 2.04. The molecule has 0 radical (unpaired) electrons. The molecular formula is C8H12N2O3S. The monoisotopic (exact) mass is 216 g/mol. The van der Waals surface area contributed by atoms with Gasteiger partial charge < -0.3 is 5.11 Å². The molecule has 14 heavy (non-hydrogen) atoms. The molecule has 0 bridgehead atoms. The summed E-state index contributed by atoms with van der Waals surface area (Å²) in [5, 5.41) is 8.92. The lowest BCUT2D eigenvalue weighted by molar-refractivity contribution is 0.198. The van der Waals surface area contributed by atoms with Crippen molar-refractivity contribution in [3.8, 4) is 0 Å². The van der Waals surface area contributed by atoms with Gasteiger partial charge in [0, 0.05) is 18.9 Å². The minimum absolute atomic E-state index is 0.00275. The van der Waals surface area contributed by atoms with Gasteiger partial charge in [0.25, 0.3) is 0 Å². The Hall–Kier alpha value is -0.980. The van der Waals surface area contributed by atoms with Crippen LogP contribution in [0, 0.1) is 0 Å². The van der Waals surface area contributed by atoms with Gasteiger partial charge in [0.1, 0.15) is 4.90 Å². The van der Waals surface area contributed by atoms with Gasteiger partial charge in [0.15, 0.2) is 0 Å². The van der Waals surface area contributed by atoms with Crippen molar-refractivity contribution < 1.29 is 13.5 Å². The highest BCUT2D eigenvalue weighted by atomic mass is 32.2. The van der Waals surface area contributed by atoms with E-state index in [0.717, 1.165) is 0 Å². The topological polar surface area (TPSA) is 79.3 Å². The van der Waals surface area contributed by atoms with Crippen LogP contribution in [0.3, 0.4) is 0 Å². The first kappa shape index (κ1) is 11.1. The maximum atomic E-state index is 11.5. The Morgan fingerprint density at radius 2 is 2.36 bits per heavy atom. The molecule has 2 N–H and O–H groups in total. The zero-order chi connectivity index (χ0) is 10.6. The molecule has 0 aliphatic rings. The largest absolute Gasteiger partial charge is 0.392 e. The predicted octanol–water partition coefficient (Wildman–Crippen LogP) is -0.259. The smallest absolute Gasteiger partial charge is 0.242 e. The number of hydrogen-bond acceptors (Lipinski definition) is 4. The van der Waals surface area contributed by atoms with Crippen LogP contribution in [0.5, 0.6) is 0 Å². The van der Waals surface area contributed by atoms with Crippen LogP contribution in [0.25, 0.3) is 0 Å². The van der Waals surface area contributed by atoms with Gasteiger partial charge in [-0.05, 0) is 19.1 Å². The lowest BCUT2D eigenvalue weighted by atomic mass is 10.4. The number of aromatic nitrogens is 1. The van der Waals surface area contributed by atoms with Gasteiger partial charge in [-0.25, -0.2) is 13.1 Å². The second-order valence-corrected chi connectivity index (χ2v) is 4.66. The number of sulfonamides is 1. The number of aliphatic hydroxyl groups excluding tert-OH is 1. The molecule has 1 rings (SSSR count). The zero-order valence-electron chi connectivity index (χ0n) is 7.71. The van der Waals surface area contributed by atoms with Crippen molar-refractivity contribution in [2.45, 2.75) is 17.9 Å². The van der Waals surface area contributed by atoms with E-state index in [4.69, 9.17) is 5.11 Å². The van der Waals surface area contributed by atoms with Crippen molar-refractivity contribution in [2.24, 2.45) is 0 Å². The van der Waals surface area contributed by atoms with E-state index >= 15 is 0 Å². The summed E-state index contributed by atoms with van der Waals surface area (Å²) in [5.74, 6) is 0. The third-order valence-electron chi connectivity index (χ3n) is 1.51. The second-order valence-electron chi connectivity index (χ2n) is 2.89. The van der Waals surface area contributed by atoms with E-state index in [1.165, 1.54) is 31.5 Å². The lowest BCUT2D eigenvalue weighted by Gasteiger charge is -2.07. The highest BCUT2D eigenvalue weighted by Gasteiger charge is 2.13. The third kappa shape index (κ3) is 3.06. The molecule has 78 valence electrons. The average molecular weight is 216 g/mol. The molecule has 1 aromatic rings. The van der Waals surface area contributed by atoms with Crippen molar-refractivity contribution >= 4 is 10.0 Å². The summed E-state index contributed by atoms with van der Waals surface area (Å²) < 4.78 is 25.2. The molecule has 0 saturated heterocycles. The van der Waals surface area contributed by atoms with E-state index < -0.39 is 16.1 Å². The summed E-state index contributed by atoms with van der Waals surface area (Å²) in [7, 11) is -3.53. The maximum absolute atomic E-state index is 11.5. The fourth-order valence-corrected chi connectivity index (χ4v) is 1.90. The fraction of sp³-hybridized carbons (Fsp3) is 0.375. The minimum Gasteiger partial charge on any atom is -0.392 e. The van der Waals surface area contributed by atoms with Crippen LogP contribution in [-0.2, 0) is 10.0 Å². The van der Waals surface area contributed by atoms with E-state index in [-0.39, 0.29) is 11.4 Å². The Labute approximate surface area is 82.9 Å². The Balaban J connectivity index is 2.77. The number of aliphatic hydroxyl groups is 1. The summed E-state index contributed by atoms with van der Waals surface area (Å²) in [5.41, 5.74) is 0. The maximum Gasteiger partial charge on any atom is 0.242 e. The molecule has 0 amide bonds. The molecule has 1 aromatic heterocycles. The highest BCUT2D eigenvalue weighted by molar-refractivity contribution is 7.89. The highest BCUT2D eigenvalue weighted by Crippen LogP contribution is 2.04. The van der Waals surface area contributed by atoms with Crippen LogP contribution in [0.4, 0.5) is 0 Å². The van der Waals surface area contributed by atoms with Crippen LogP contribution in [0.2, 0.25) is 0 Å². The number of nitrogens with one attached hydrogen (secondary N) is 1. The summed E-state index contributed by atoms with van der Waals surface area (Å²) >= 11 is 0. The van der Waals surface area contributed by atoms with E-state index in [1.54, 1.807) is 0 Å². The van der Waals surface area contributed by atoms with Crippen LogP contribution in [0.15, 0.2) is 29.4 Å². The van der Waals surface area contributed by atoms with Crippen molar-refractivity contribution in [2.75, 3.05) is 6.54 Å². The summed E-state index contributed by atoms with van der Waals surface area (Å²) in [4.78, 5) is 3.79. The molecule has 6 heteroatoms. The van der Waals surface area contributed by atoms with Gasteiger partial charge >= 0.3 is 0 Å². The number of hydrogen-bond donors (Lipinski definition) is 2. The first-order chi connectivity index (χ1) is 6.52. The van der Waals surface area contributed by atoms with Gasteiger partial charge in [0.2, 0.25) is 10.0 Å². The lowest BCUT2D eigenvalue weighted by Crippen LogP contribution is -2.30. The van der Waals surface area contributed by atoms with E-state index in [1.807, 2.05) is 0 Å². The number of nitrogens with zero attached hydrogens (tertiary/aromatic N) is 1. The second kappa shape index (κ2) is 4.50. The van der Waals surface area contributed by atoms with Crippen molar-refractivity contribution in [1.29, 1.82) is 0 Å². The predicted molar refractivity (Wildman–Crippen MR) is 51.1 cm³/mol. The standard InChI is InChI=1S/C8H12N2O3S/c1-7(11)5-10-14(12,13)8-3-2-4-9-6-8/h2-4,6-7,10-11H,5H2,1H3. The molecule has 1 atom stereocenters. The fourth-order valence-electron chi connectivity index (χ4n) is 0.820. The van der Waals surface area contributed by atoms with Gasteiger partial charge in [-0.15, -0.1) is 0 Å². The van der Waals surface area contributed by atoms with Crippen molar-refractivity contribution in [1.82, 2.24) is 9.71 Å². The molecule has 0 fully saturated rings. The molecule has 1 heterocycles. The van der Waals surface area contributed by atoms with Crippen molar-refractivity contribution in [3.63, 3.8) is 0 Å². The molecule has 0 aliphatic heterocycles. The van der Waals surface area contributed by atoms with Crippen LogP contribution < -0.4 is 4.72 Å². The molecule has 0 aromatic carbocycles. The van der Waals surface area contributed by atoms with Crippen molar-refractivity contribution in [3.05, 3.63) is 24.5 Å².